The molecule has 1 nitrogen and oxygen atoms in total. The Labute approximate surface area is 81.5 Å². The van der Waals surface area contributed by atoms with Gasteiger partial charge in [-0.05, 0) is 36.0 Å². The highest BCUT2D eigenvalue weighted by atomic mass is 35.5. The Kier molecular flexibility index (Phi) is 2.48. The Morgan fingerprint density at radius 3 is 2.08 bits per heavy atom. The second-order valence-corrected chi connectivity index (χ2v) is 5.04. The molecule has 0 heterocycles. The minimum Gasteiger partial charge on any atom is -0.327 e. The summed E-state index contributed by atoms with van der Waals surface area (Å²) in [6.45, 7) is 7.16. The molecule has 0 aromatic carbocycles. The number of hydrogen-bond donors (Lipinski definition) is 1. The van der Waals surface area contributed by atoms with Crippen LogP contribution < -0.4 is 5.73 Å². The Hall–Kier alpha value is 0.250. The lowest BCUT2D eigenvalue weighted by molar-refractivity contribution is 0.137. The minimum absolute atomic E-state index is 0. The summed E-state index contributed by atoms with van der Waals surface area (Å²) in [5, 5.41) is 0. The van der Waals surface area contributed by atoms with E-state index in [0.717, 1.165) is 17.8 Å². The van der Waals surface area contributed by atoms with Crippen LogP contribution >= 0.6 is 12.4 Å². The standard InChI is InChI=1S/C10H19N.ClH/c1-6-7-4-5-8(9(7)11)10(6,2)3;/h6-9H,4-5,11H2,1-3H3;1H. The molecule has 2 fully saturated rings. The highest BCUT2D eigenvalue weighted by molar-refractivity contribution is 5.85. The monoisotopic (exact) mass is 189 g/mol. The first-order valence-corrected chi connectivity index (χ1v) is 4.80. The van der Waals surface area contributed by atoms with Gasteiger partial charge in [0.1, 0.15) is 0 Å². The lowest BCUT2D eigenvalue weighted by atomic mass is 9.70. The molecule has 4 unspecified atom stereocenters. The fourth-order valence-electron chi connectivity index (χ4n) is 3.40. The molecule has 2 rings (SSSR count). The molecule has 0 aliphatic heterocycles. The first-order valence-electron chi connectivity index (χ1n) is 4.80. The summed E-state index contributed by atoms with van der Waals surface area (Å²) >= 11 is 0. The molecule has 0 saturated heterocycles. The van der Waals surface area contributed by atoms with E-state index in [1.807, 2.05) is 0 Å². The largest absolute Gasteiger partial charge is 0.327 e. The van der Waals surface area contributed by atoms with Crippen molar-refractivity contribution in [1.29, 1.82) is 0 Å². The van der Waals surface area contributed by atoms with Crippen molar-refractivity contribution in [3.05, 3.63) is 0 Å². The second kappa shape index (κ2) is 2.88. The molecule has 2 bridgehead atoms. The minimum atomic E-state index is 0. The molecule has 4 atom stereocenters. The molecule has 2 aliphatic carbocycles. The predicted octanol–water partition coefficient (Wildman–Crippen LogP) is 2.44. The fraction of sp³-hybridized carbons (Fsp3) is 1.00. The molecule has 2 N–H and O–H groups in total. The highest BCUT2D eigenvalue weighted by Gasteiger charge is 2.55. The van der Waals surface area contributed by atoms with Crippen LogP contribution in [-0.2, 0) is 0 Å². The van der Waals surface area contributed by atoms with Crippen LogP contribution in [0.5, 0.6) is 0 Å². The summed E-state index contributed by atoms with van der Waals surface area (Å²) in [7, 11) is 0. The zero-order valence-electron chi connectivity index (χ0n) is 8.21. The van der Waals surface area contributed by atoms with Crippen LogP contribution in [-0.4, -0.2) is 6.04 Å². The Morgan fingerprint density at radius 1 is 1.25 bits per heavy atom. The van der Waals surface area contributed by atoms with E-state index in [0.29, 0.717) is 11.5 Å². The molecule has 72 valence electrons. The molecule has 0 aromatic heterocycles. The van der Waals surface area contributed by atoms with Crippen molar-refractivity contribution < 1.29 is 0 Å². The Bertz CT molecular complexity index is 179. The smallest absolute Gasteiger partial charge is 0.0104 e. The Balaban J connectivity index is 0.000000720. The van der Waals surface area contributed by atoms with Gasteiger partial charge in [-0.25, -0.2) is 0 Å². The van der Waals surface area contributed by atoms with Crippen LogP contribution in [0.1, 0.15) is 33.6 Å². The molecule has 2 heteroatoms. The molecule has 0 aromatic rings. The van der Waals surface area contributed by atoms with Crippen LogP contribution in [0.25, 0.3) is 0 Å². The van der Waals surface area contributed by atoms with Gasteiger partial charge in [0, 0.05) is 6.04 Å². The van der Waals surface area contributed by atoms with Crippen LogP contribution in [0.2, 0.25) is 0 Å². The highest BCUT2D eigenvalue weighted by Crippen LogP contribution is 2.58. The van der Waals surface area contributed by atoms with E-state index in [1.165, 1.54) is 12.8 Å². The quantitative estimate of drug-likeness (QED) is 0.623. The van der Waals surface area contributed by atoms with Gasteiger partial charge in [0.2, 0.25) is 0 Å². The van der Waals surface area contributed by atoms with Crippen LogP contribution in [0.3, 0.4) is 0 Å². The number of fused-ring (bicyclic) bond motifs is 2. The molecule has 0 radical (unpaired) electrons. The van der Waals surface area contributed by atoms with Crippen molar-refractivity contribution in [3.63, 3.8) is 0 Å². The molecule has 0 amide bonds. The van der Waals surface area contributed by atoms with E-state index in [1.54, 1.807) is 0 Å². The molecular formula is C10H20ClN. The van der Waals surface area contributed by atoms with E-state index < -0.39 is 0 Å². The normalized spacial score (nSPS) is 49.0. The topological polar surface area (TPSA) is 26.0 Å². The van der Waals surface area contributed by atoms with Gasteiger partial charge in [0.25, 0.3) is 0 Å². The van der Waals surface area contributed by atoms with Gasteiger partial charge < -0.3 is 5.73 Å². The third-order valence-corrected chi connectivity index (χ3v) is 4.54. The number of nitrogens with two attached hydrogens (primary N) is 1. The molecule has 2 aliphatic rings. The average Bonchev–Trinajstić information content (AvgIpc) is 2.34. The maximum atomic E-state index is 6.15. The fourth-order valence-corrected chi connectivity index (χ4v) is 3.40. The third-order valence-electron chi connectivity index (χ3n) is 4.54. The van der Waals surface area contributed by atoms with Gasteiger partial charge >= 0.3 is 0 Å². The van der Waals surface area contributed by atoms with E-state index in [2.05, 4.69) is 20.8 Å². The van der Waals surface area contributed by atoms with Crippen molar-refractivity contribution in [3.8, 4) is 0 Å². The summed E-state index contributed by atoms with van der Waals surface area (Å²) in [6, 6.07) is 0.514. The summed E-state index contributed by atoms with van der Waals surface area (Å²) in [5.74, 6) is 2.48. The van der Waals surface area contributed by atoms with E-state index in [9.17, 15) is 0 Å². The first-order chi connectivity index (χ1) is 5.05. The molecular weight excluding hydrogens is 170 g/mol. The number of rotatable bonds is 0. The Morgan fingerprint density at radius 2 is 1.83 bits per heavy atom. The van der Waals surface area contributed by atoms with Crippen molar-refractivity contribution in [2.24, 2.45) is 28.9 Å². The number of halogens is 1. The maximum absolute atomic E-state index is 6.15. The lowest BCUT2D eigenvalue weighted by Crippen LogP contribution is -2.30. The van der Waals surface area contributed by atoms with Crippen molar-refractivity contribution >= 4 is 12.4 Å². The average molecular weight is 190 g/mol. The second-order valence-electron chi connectivity index (χ2n) is 5.04. The van der Waals surface area contributed by atoms with Gasteiger partial charge in [-0.3, -0.25) is 0 Å². The van der Waals surface area contributed by atoms with Gasteiger partial charge in [-0.15, -0.1) is 12.4 Å². The van der Waals surface area contributed by atoms with Crippen molar-refractivity contribution in [2.75, 3.05) is 0 Å². The van der Waals surface area contributed by atoms with Crippen LogP contribution in [0.4, 0.5) is 0 Å². The zero-order chi connectivity index (χ0) is 8.22. The van der Waals surface area contributed by atoms with Gasteiger partial charge in [-0.1, -0.05) is 20.8 Å². The number of hydrogen-bond acceptors (Lipinski definition) is 1. The maximum Gasteiger partial charge on any atom is 0.0104 e. The van der Waals surface area contributed by atoms with Crippen molar-refractivity contribution in [2.45, 2.75) is 39.7 Å². The summed E-state index contributed by atoms with van der Waals surface area (Å²) in [6.07, 6.45) is 2.76. The molecule has 0 spiro atoms. The van der Waals surface area contributed by atoms with E-state index >= 15 is 0 Å². The van der Waals surface area contributed by atoms with E-state index in [4.69, 9.17) is 5.73 Å². The summed E-state index contributed by atoms with van der Waals surface area (Å²) in [5.41, 5.74) is 6.67. The molecule has 12 heavy (non-hydrogen) atoms. The predicted molar refractivity (Wildman–Crippen MR) is 54.4 cm³/mol. The van der Waals surface area contributed by atoms with Crippen LogP contribution in [0, 0.1) is 23.2 Å². The van der Waals surface area contributed by atoms with Gasteiger partial charge in [-0.2, -0.15) is 0 Å². The first kappa shape index (κ1) is 10.3. The van der Waals surface area contributed by atoms with Crippen LogP contribution in [0.15, 0.2) is 0 Å². The van der Waals surface area contributed by atoms with Crippen molar-refractivity contribution in [1.82, 2.24) is 0 Å². The van der Waals surface area contributed by atoms with E-state index in [-0.39, 0.29) is 12.4 Å². The van der Waals surface area contributed by atoms with Gasteiger partial charge in [0.15, 0.2) is 0 Å². The third kappa shape index (κ3) is 1.03. The molecule has 2 saturated carbocycles. The zero-order valence-corrected chi connectivity index (χ0v) is 9.03. The van der Waals surface area contributed by atoms with Gasteiger partial charge in [0.05, 0.1) is 0 Å². The SMILES string of the molecule is CC1C2CCC(C2N)C1(C)C.Cl. The summed E-state index contributed by atoms with van der Waals surface area (Å²) in [4.78, 5) is 0. The summed E-state index contributed by atoms with van der Waals surface area (Å²) < 4.78 is 0. The lowest BCUT2D eigenvalue weighted by Gasteiger charge is -2.35.